The molecule has 1 aromatic carbocycles. The first-order valence-electron chi connectivity index (χ1n) is 3.56. The first kappa shape index (κ1) is 11.4. The Hall–Kier alpha value is -0.680. The van der Waals surface area contributed by atoms with Crippen molar-refractivity contribution < 1.29 is 14.3 Å². The van der Waals surface area contributed by atoms with Gasteiger partial charge in [-0.2, -0.15) is 0 Å². The summed E-state index contributed by atoms with van der Waals surface area (Å²) in [5, 5.41) is 8.38. The van der Waals surface area contributed by atoms with Gasteiger partial charge in [-0.05, 0) is 18.2 Å². The number of carboxylic acid groups (broad SMARTS) is 1. The van der Waals surface area contributed by atoms with Crippen molar-refractivity contribution in [3.63, 3.8) is 0 Å². The Balaban J connectivity index is 3.15. The number of carboxylic acids is 1. The number of rotatable bonds is 2. The molecule has 1 aromatic rings. The largest absolute Gasteiger partial charge is 0.478 e. The van der Waals surface area contributed by atoms with Crippen molar-refractivity contribution in [2.45, 2.75) is 0 Å². The lowest BCUT2D eigenvalue weighted by Crippen LogP contribution is -1.89. The highest BCUT2D eigenvalue weighted by Crippen LogP contribution is 2.26. The first-order chi connectivity index (χ1) is 6.50. The van der Waals surface area contributed by atoms with Gasteiger partial charge in [0.05, 0.1) is 0 Å². The number of hydrogen-bond donors (Lipinski definition) is 1. The van der Waals surface area contributed by atoms with E-state index in [4.69, 9.17) is 5.11 Å². The molecule has 74 valence electrons. The smallest absolute Gasteiger partial charge is 0.328 e. The Morgan fingerprint density at radius 3 is 2.57 bits per heavy atom. The van der Waals surface area contributed by atoms with Gasteiger partial charge in [-0.25, -0.2) is 9.18 Å². The van der Waals surface area contributed by atoms with Gasteiger partial charge in [0.1, 0.15) is 5.82 Å². The number of carbonyl (C=O) groups is 1. The summed E-state index contributed by atoms with van der Waals surface area (Å²) in [5.41, 5.74) is 0.218. The molecule has 0 fully saturated rings. The van der Waals surface area contributed by atoms with Gasteiger partial charge in [-0.15, -0.1) is 0 Å². The highest BCUT2D eigenvalue weighted by molar-refractivity contribution is 9.11. The number of aliphatic carboxylic acids is 1. The van der Waals surface area contributed by atoms with Gasteiger partial charge >= 0.3 is 5.97 Å². The molecule has 0 spiro atoms. The molecule has 0 aromatic heterocycles. The third-order valence-electron chi connectivity index (χ3n) is 1.44. The summed E-state index contributed by atoms with van der Waals surface area (Å²) in [6, 6.07) is 2.91. The molecule has 0 aliphatic carbocycles. The van der Waals surface area contributed by atoms with Gasteiger partial charge in [0.15, 0.2) is 0 Å². The summed E-state index contributed by atoms with van der Waals surface area (Å²) >= 11 is 6.25. The second kappa shape index (κ2) is 4.70. The highest BCUT2D eigenvalue weighted by atomic mass is 79.9. The normalized spacial score (nSPS) is 10.8. The average Bonchev–Trinajstić information content (AvgIpc) is 2.01. The van der Waals surface area contributed by atoms with E-state index < -0.39 is 11.8 Å². The standard InChI is InChI=1S/C9H5Br2FO2/c10-5-3-7(11)6(8(12)4-5)1-2-9(13)14/h1-4H,(H,13,14). The van der Waals surface area contributed by atoms with Crippen LogP contribution < -0.4 is 0 Å². The van der Waals surface area contributed by atoms with Crippen LogP contribution in [-0.2, 0) is 4.79 Å². The van der Waals surface area contributed by atoms with Gasteiger partial charge < -0.3 is 5.11 Å². The summed E-state index contributed by atoms with van der Waals surface area (Å²) in [5.74, 6) is -1.59. The van der Waals surface area contributed by atoms with Gasteiger partial charge in [-0.1, -0.05) is 31.9 Å². The van der Waals surface area contributed by atoms with Crippen LogP contribution in [0.4, 0.5) is 4.39 Å². The van der Waals surface area contributed by atoms with Crippen LogP contribution in [0.2, 0.25) is 0 Å². The summed E-state index contributed by atoms with van der Waals surface area (Å²) in [6.45, 7) is 0. The van der Waals surface area contributed by atoms with Crippen molar-refractivity contribution in [2.24, 2.45) is 0 Å². The van der Waals surface area contributed by atoms with E-state index in [0.29, 0.717) is 8.95 Å². The summed E-state index contributed by atoms with van der Waals surface area (Å²) < 4.78 is 14.4. The Kier molecular flexibility index (Phi) is 3.83. The Morgan fingerprint density at radius 1 is 1.43 bits per heavy atom. The fourth-order valence-electron chi connectivity index (χ4n) is 0.867. The molecule has 0 saturated heterocycles. The van der Waals surface area contributed by atoms with E-state index in [-0.39, 0.29) is 5.56 Å². The van der Waals surface area contributed by atoms with E-state index in [2.05, 4.69) is 31.9 Å². The summed E-state index contributed by atoms with van der Waals surface area (Å²) in [4.78, 5) is 10.2. The molecular weight excluding hydrogens is 319 g/mol. The van der Waals surface area contributed by atoms with Gasteiger partial charge in [0.2, 0.25) is 0 Å². The van der Waals surface area contributed by atoms with Crippen molar-refractivity contribution in [2.75, 3.05) is 0 Å². The maximum Gasteiger partial charge on any atom is 0.328 e. The predicted molar refractivity (Wildman–Crippen MR) is 58.5 cm³/mol. The highest BCUT2D eigenvalue weighted by Gasteiger charge is 2.05. The average molecular weight is 324 g/mol. The molecule has 0 atom stereocenters. The number of halogens is 3. The van der Waals surface area contributed by atoms with Crippen molar-refractivity contribution in [3.05, 3.63) is 38.5 Å². The van der Waals surface area contributed by atoms with E-state index >= 15 is 0 Å². The Bertz CT molecular complexity index is 379. The van der Waals surface area contributed by atoms with Crippen LogP contribution in [0.5, 0.6) is 0 Å². The lowest BCUT2D eigenvalue weighted by atomic mass is 10.2. The molecule has 14 heavy (non-hydrogen) atoms. The molecular formula is C9H5Br2FO2. The fourth-order valence-corrected chi connectivity index (χ4v) is 2.17. The van der Waals surface area contributed by atoms with Crippen molar-refractivity contribution in [3.8, 4) is 0 Å². The van der Waals surface area contributed by atoms with Crippen LogP contribution in [-0.4, -0.2) is 11.1 Å². The van der Waals surface area contributed by atoms with Crippen molar-refractivity contribution >= 4 is 43.9 Å². The van der Waals surface area contributed by atoms with Crippen LogP contribution >= 0.6 is 31.9 Å². The number of hydrogen-bond acceptors (Lipinski definition) is 1. The monoisotopic (exact) mass is 322 g/mol. The third-order valence-corrected chi connectivity index (χ3v) is 2.55. The van der Waals surface area contributed by atoms with E-state index in [1.54, 1.807) is 6.07 Å². The molecule has 0 aliphatic rings. The minimum atomic E-state index is -1.11. The fraction of sp³-hybridized carbons (Fsp3) is 0. The maximum absolute atomic E-state index is 13.3. The molecule has 1 N–H and O–H groups in total. The topological polar surface area (TPSA) is 37.3 Å². The minimum absolute atomic E-state index is 0.218. The molecule has 2 nitrogen and oxygen atoms in total. The molecule has 0 bridgehead atoms. The van der Waals surface area contributed by atoms with Crippen LogP contribution in [0, 0.1) is 5.82 Å². The van der Waals surface area contributed by atoms with Gasteiger partial charge in [0, 0.05) is 20.6 Å². The van der Waals surface area contributed by atoms with Crippen LogP contribution in [0.1, 0.15) is 5.56 Å². The zero-order valence-electron chi connectivity index (χ0n) is 6.80. The molecule has 0 amide bonds. The molecule has 5 heteroatoms. The predicted octanol–water partition coefficient (Wildman–Crippen LogP) is 3.45. The Labute approximate surface area is 96.7 Å². The zero-order chi connectivity index (χ0) is 10.7. The van der Waals surface area contributed by atoms with Crippen molar-refractivity contribution in [1.29, 1.82) is 0 Å². The Morgan fingerprint density at radius 2 is 2.07 bits per heavy atom. The molecule has 0 heterocycles. The summed E-state index contributed by atoms with van der Waals surface area (Å²) in [6.07, 6.45) is 2.09. The maximum atomic E-state index is 13.3. The summed E-state index contributed by atoms with van der Waals surface area (Å²) in [7, 11) is 0. The lowest BCUT2D eigenvalue weighted by molar-refractivity contribution is -0.131. The second-order valence-corrected chi connectivity index (χ2v) is 4.22. The lowest BCUT2D eigenvalue weighted by Gasteiger charge is -2.01. The first-order valence-corrected chi connectivity index (χ1v) is 5.15. The third kappa shape index (κ3) is 2.92. The van der Waals surface area contributed by atoms with E-state index in [9.17, 15) is 9.18 Å². The second-order valence-electron chi connectivity index (χ2n) is 2.45. The molecule has 1 rings (SSSR count). The quantitative estimate of drug-likeness (QED) is 0.846. The molecule has 0 aliphatic heterocycles. The van der Waals surface area contributed by atoms with Crippen LogP contribution in [0.3, 0.4) is 0 Å². The minimum Gasteiger partial charge on any atom is -0.478 e. The van der Waals surface area contributed by atoms with Crippen LogP contribution in [0.15, 0.2) is 27.2 Å². The zero-order valence-corrected chi connectivity index (χ0v) is 9.97. The molecule has 0 radical (unpaired) electrons. The van der Waals surface area contributed by atoms with Gasteiger partial charge in [-0.3, -0.25) is 0 Å². The molecule has 0 saturated carbocycles. The van der Waals surface area contributed by atoms with E-state index in [0.717, 1.165) is 6.08 Å². The van der Waals surface area contributed by atoms with E-state index in [1.165, 1.54) is 12.1 Å². The van der Waals surface area contributed by atoms with Gasteiger partial charge in [0.25, 0.3) is 0 Å². The SMILES string of the molecule is O=C(O)C=Cc1c(F)cc(Br)cc1Br. The number of benzene rings is 1. The molecule has 0 unspecified atom stereocenters. The van der Waals surface area contributed by atoms with Crippen LogP contribution in [0.25, 0.3) is 6.08 Å². The van der Waals surface area contributed by atoms with E-state index in [1.807, 2.05) is 0 Å². The van der Waals surface area contributed by atoms with Crippen molar-refractivity contribution in [1.82, 2.24) is 0 Å².